The molecule has 2 nitrogen and oxygen atoms in total. The molecule has 0 aromatic heterocycles. The van der Waals surface area contributed by atoms with Crippen molar-refractivity contribution in [3.05, 3.63) is 41.0 Å². The molecule has 104 valence electrons. The summed E-state index contributed by atoms with van der Waals surface area (Å²) in [4.78, 5) is 10.9. The molecule has 0 aliphatic heterocycles. The van der Waals surface area contributed by atoms with Crippen LogP contribution >= 0.6 is 0 Å². The fourth-order valence-corrected chi connectivity index (χ4v) is 2.17. The zero-order chi connectivity index (χ0) is 14.6. The van der Waals surface area contributed by atoms with Gasteiger partial charge in [0.15, 0.2) is 0 Å². The summed E-state index contributed by atoms with van der Waals surface area (Å²) in [6.07, 6.45) is 2.98. The molecule has 0 heterocycles. The lowest BCUT2D eigenvalue weighted by atomic mass is 9.83. The second kappa shape index (κ2) is 6.05. The number of carbonyl (C=O) groups is 1. The van der Waals surface area contributed by atoms with Gasteiger partial charge in [0.05, 0.1) is 0 Å². The van der Waals surface area contributed by atoms with Crippen LogP contribution in [0.25, 0.3) is 5.57 Å². The van der Waals surface area contributed by atoms with Crippen molar-refractivity contribution >= 4 is 11.5 Å². The summed E-state index contributed by atoms with van der Waals surface area (Å²) >= 11 is 0. The predicted octanol–water partition coefficient (Wildman–Crippen LogP) is 4.42. The van der Waals surface area contributed by atoms with Gasteiger partial charge in [-0.15, -0.1) is 0 Å². The molecule has 0 fully saturated rings. The minimum atomic E-state index is -0.875. The van der Waals surface area contributed by atoms with E-state index in [9.17, 15) is 4.79 Å². The molecule has 0 aliphatic rings. The van der Waals surface area contributed by atoms with Gasteiger partial charge < -0.3 is 5.11 Å². The number of aryl methyl sites for hydroxylation is 1. The van der Waals surface area contributed by atoms with Crippen LogP contribution < -0.4 is 0 Å². The maximum Gasteiger partial charge on any atom is 0.328 e. The van der Waals surface area contributed by atoms with E-state index >= 15 is 0 Å². The van der Waals surface area contributed by atoms with Gasteiger partial charge in [0.2, 0.25) is 0 Å². The Labute approximate surface area is 116 Å². The monoisotopic (exact) mass is 260 g/mol. The van der Waals surface area contributed by atoms with Crippen molar-refractivity contribution in [2.75, 3.05) is 0 Å². The van der Waals surface area contributed by atoms with Gasteiger partial charge in [-0.3, -0.25) is 0 Å². The van der Waals surface area contributed by atoms with Crippen LogP contribution in [0.2, 0.25) is 0 Å². The topological polar surface area (TPSA) is 37.3 Å². The number of hydrogen-bond acceptors (Lipinski definition) is 1. The molecular formula is C17H24O2. The summed E-state index contributed by atoms with van der Waals surface area (Å²) in [5, 5.41) is 8.99. The van der Waals surface area contributed by atoms with Gasteiger partial charge >= 0.3 is 5.97 Å². The molecule has 0 saturated heterocycles. The SMILES string of the molecule is CC/C(=C\C(=O)O)c1cc(C(C)(C)C)ccc1CC. The van der Waals surface area contributed by atoms with Crippen LogP contribution in [0.3, 0.4) is 0 Å². The van der Waals surface area contributed by atoms with Gasteiger partial charge in [0, 0.05) is 6.08 Å². The Bertz CT molecular complexity index is 490. The quantitative estimate of drug-likeness (QED) is 0.813. The first-order chi connectivity index (χ1) is 8.79. The van der Waals surface area contributed by atoms with Gasteiger partial charge in [0.1, 0.15) is 0 Å². The predicted molar refractivity (Wildman–Crippen MR) is 80.4 cm³/mol. The smallest absolute Gasteiger partial charge is 0.328 e. The van der Waals surface area contributed by atoms with Crippen LogP contribution in [0.1, 0.15) is 57.7 Å². The molecule has 1 aromatic rings. The first-order valence-corrected chi connectivity index (χ1v) is 6.86. The van der Waals surface area contributed by atoms with E-state index in [1.807, 2.05) is 6.92 Å². The molecule has 0 saturated carbocycles. The normalized spacial score (nSPS) is 12.6. The summed E-state index contributed by atoms with van der Waals surface area (Å²) in [6.45, 7) is 10.6. The fraction of sp³-hybridized carbons (Fsp3) is 0.471. The maximum absolute atomic E-state index is 10.9. The Hall–Kier alpha value is -1.57. The van der Waals surface area contributed by atoms with Crippen LogP contribution in [0.5, 0.6) is 0 Å². The second-order valence-electron chi connectivity index (χ2n) is 5.84. The van der Waals surface area contributed by atoms with Crippen molar-refractivity contribution in [2.45, 2.75) is 52.9 Å². The zero-order valence-electron chi connectivity index (χ0n) is 12.6. The summed E-state index contributed by atoms with van der Waals surface area (Å²) in [7, 11) is 0. The molecule has 2 heteroatoms. The van der Waals surface area contributed by atoms with Crippen LogP contribution in [0.4, 0.5) is 0 Å². The number of allylic oxidation sites excluding steroid dienone is 1. The van der Waals surface area contributed by atoms with Crippen LogP contribution in [0.15, 0.2) is 24.3 Å². The van der Waals surface area contributed by atoms with E-state index in [4.69, 9.17) is 5.11 Å². The highest BCUT2D eigenvalue weighted by Crippen LogP contribution is 2.29. The number of aliphatic carboxylic acids is 1. The molecule has 0 unspecified atom stereocenters. The van der Waals surface area contributed by atoms with Crippen molar-refractivity contribution in [1.29, 1.82) is 0 Å². The highest BCUT2D eigenvalue weighted by atomic mass is 16.4. The van der Waals surface area contributed by atoms with Crippen molar-refractivity contribution in [2.24, 2.45) is 0 Å². The van der Waals surface area contributed by atoms with Crippen LogP contribution in [-0.2, 0) is 16.6 Å². The molecule has 0 atom stereocenters. The average Bonchev–Trinajstić information content (AvgIpc) is 2.33. The Kier molecular flexibility index (Phi) is 4.93. The Morgan fingerprint density at radius 1 is 1.26 bits per heavy atom. The Morgan fingerprint density at radius 2 is 1.89 bits per heavy atom. The summed E-state index contributed by atoms with van der Waals surface area (Å²) in [5.41, 5.74) is 4.50. The number of rotatable bonds is 4. The molecule has 0 aliphatic carbocycles. The molecule has 0 bridgehead atoms. The first-order valence-electron chi connectivity index (χ1n) is 6.86. The zero-order valence-corrected chi connectivity index (χ0v) is 12.6. The summed E-state index contributed by atoms with van der Waals surface area (Å²) in [5.74, 6) is -0.875. The van der Waals surface area contributed by atoms with Crippen molar-refractivity contribution in [3.8, 4) is 0 Å². The van der Waals surface area contributed by atoms with Crippen LogP contribution in [0, 0.1) is 0 Å². The first kappa shape index (κ1) is 15.5. The summed E-state index contributed by atoms with van der Waals surface area (Å²) in [6, 6.07) is 6.43. The van der Waals surface area contributed by atoms with E-state index in [0.29, 0.717) is 0 Å². The lowest BCUT2D eigenvalue weighted by Gasteiger charge is -2.22. The van der Waals surface area contributed by atoms with Gasteiger partial charge in [0.25, 0.3) is 0 Å². The molecular weight excluding hydrogens is 236 g/mol. The number of carboxylic acid groups (broad SMARTS) is 1. The fourth-order valence-electron chi connectivity index (χ4n) is 2.17. The van der Waals surface area contributed by atoms with Gasteiger partial charge in [-0.1, -0.05) is 52.8 Å². The van der Waals surface area contributed by atoms with Gasteiger partial charge in [-0.05, 0) is 40.5 Å². The van der Waals surface area contributed by atoms with Crippen LogP contribution in [-0.4, -0.2) is 11.1 Å². The Balaban J connectivity index is 3.41. The second-order valence-corrected chi connectivity index (χ2v) is 5.84. The van der Waals surface area contributed by atoms with Gasteiger partial charge in [-0.2, -0.15) is 0 Å². The molecule has 0 spiro atoms. The van der Waals surface area contributed by atoms with Crippen molar-refractivity contribution in [1.82, 2.24) is 0 Å². The van der Waals surface area contributed by atoms with E-state index < -0.39 is 5.97 Å². The third kappa shape index (κ3) is 3.95. The molecule has 1 aromatic carbocycles. The number of carboxylic acids is 1. The minimum absolute atomic E-state index is 0.0725. The molecule has 1 rings (SSSR count). The summed E-state index contributed by atoms with van der Waals surface area (Å²) < 4.78 is 0. The largest absolute Gasteiger partial charge is 0.478 e. The third-order valence-corrected chi connectivity index (χ3v) is 3.38. The van der Waals surface area contributed by atoms with Gasteiger partial charge in [-0.25, -0.2) is 4.79 Å². The molecule has 0 amide bonds. The third-order valence-electron chi connectivity index (χ3n) is 3.38. The van der Waals surface area contributed by atoms with Crippen molar-refractivity contribution in [3.63, 3.8) is 0 Å². The number of benzene rings is 1. The lowest BCUT2D eigenvalue weighted by molar-refractivity contribution is -0.131. The Morgan fingerprint density at radius 3 is 2.32 bits per heavy atom. The molecule has 1 N–H and O–H groups in total. The van der Waals surface area contributed by atoms with E-state index in [2.05, 4.69) is 45.9 Å². The standard InChI is InChI=1S/C17H24O2/c1-6-12-8-9-14(17(3,4)5)11-15(12)13(7-2)10-16(18)19/h8-11H,6-7H2,1-5H3,(H,18,19)/b13-10+. The minimum Gasteiger partial charge on any atom is -0.478 e. The number of hydrogen-bond donors (Lipinski definition) is 1. The van der Waals surface area contributed by atoms with E-state index in [-0.39, 0.29) is 5.41 Å². The molecule has 19 heavy (non-hydrogen) atoms. The highest BCUT2D eigenvalue weighted by Gasteiger charge is 2.16. The van der Waals surface area contributed by atoms with E-state index in [1.54, 1.807) is 0 Å². The highest BCUT2D eigenvalue weighted by molar-refractivity contribution is 5.90. The maximum atomic E-state index is 10.9. The van der Waals surface area contributed by atoms with Crippen molar-refractivity contribution < 1.29 is 9.90 Å². The van der Waals surface area contributed by atoms with E-state index in [0.717, 1.165) is 24.0 Å². The van der Waals surface area contributed by atoms with E-state index in [1.165, 1.54) is 17.2 Å². The lowest BCUT2D eigenvalue weighted by Crippen LogP contribution is -2.12. The molecule has 0 radical (unpaired) electrons. The average molecular weight is 260 g/mol.